The molecule has 1 aliphatic carbocycles. The third kappa shape index (κ3) is 2.51. The molecule has 2 unspecified atom stereocenters. The van der Waals surface area contributed by atoms with Crippen LogP contribution in [0.2, 0.25) is 0 Å². The number of carbonyl (C=O) groups is 1. The fraction of sp³-hybridized carbons (Fsp3) is 0.688. The Balaban J connectivity index is 1.41. The predicted molar refractivity (Wildman–Crippen MR) is 82.2 cm³/mol. The topological polar surface area (TPSA) is 41.6 Å². The third-order valence-electron chi connectivity index (χ3n) is 5.33. The lowest BCUT2D eigenvalue weighted by atomic mass is 9.91. The summed E-state index contributed by atoms with van der Waals surface area (Å²) in [4.78, 5) is 16.1. The molecule has 1 aromatic rings. The van der Waals surface area contributed by atoms with Gasteiger partial charge in [-0.2, -0.15) is 0 Å². The van der Waals surface area contributed by atoms with Gasteiger partial charge in [0.2, 0.25) is 5.91 Å². The largest absolute Gasteiger partial charge is 0.369 e. The van der Waals surface area contributed by atoms with E-state index in [1.807, 2.05) is 0 Å². The fourth-order valence-corrected chi connectivity index (χ4v) is 4.66. The molecule has 3 fully saturated rings. The Morgan fingerprint density at radius 2 is 2.29 bits per heavy atom. The second-order valence-electron chi connectivity index (χ2n) is 6.53. The Labute approximate surface area is 129 Å². The van der Waals surface area contributed by atoms with E-state index in [0.717, 1.165) is 32.6 Å². The molecule has 4 nitrogen and oxygen atoms in total. The van der Waals surface area contributed by atoms with Crippen molar-refractivity contribution in [3.8, 4) is 0 Å². The maximum atomic E-state index is 12.8. The van der Waals surface area contributed by atoms with Crippen LogP contribution in [0, 0.1) is 11.3 Å². The van der Waals surface area contributed by atoms with Gasteiger partial charge in [-0.05, 0) is 49.2 Å². The molecule has 3 aliphatic rings. The van der Waals surface area contributed by atoms with E-state index < -0.39 is 0 Å². The van der Waals surface area contributed by atoms with Gasteiger partial charge in [-0.1, -0.05) is 6.07 Å². The van der Waals surface area contributed by atoms with E-state index in [1.165, 1.54) is 17.7 Å². The summed E-state index contributed by atoms with van der Waals surface area (Å²) < 4.78 is 5.85. The van der Waals surface area contributed by atoms with Gasteiger partial charge in [0.25, 0.3) is 0 Å². The number of nitrogens with zero attached hydrogens (tertiary/aromatic N) is 1. The number of thiophene rings is 1. The second kappa shape index (κ2) is 5.38. The lowest BCUT2D eigenvalue weighted by Gasteiger charge is -2.33. The van der Waals surface area contributed by atoms with Crippen molar-refractivity contribution in [3.63, 3.8) is 0 Å². The van der Waals surface area contributed by atoms with Gasteiger partial charge in [0.15, 0.2) is 0 Å². The Morgan fingerprint density at radius 3 is 3.05 bits per heavy atom. The quantitative estimate of drug-likeness (QED) is 0.909. The zero-order valence-electron chi connectivity index (χ0n) is 12.2. The molecular formula is C16H22N2O2S. The van der Waals surface area contributed by atoms with E-state index >= 15 is 0 Å². The minimum Gasteiger partial charge on any atom is -0.369 e. The summed E-state index contributed by atoms with van der Waals surface area (Å²) in [5, 5.41) is 5.48. The molecule has 5 heteroatoms. The molecule has 1 amide bonds. The first-order valence-electron chi connectivity index (χ1n) is 7.93. The van der Waals surface area contributed by atoms with Crippen LogP contribution in [-0.4, -0.2) is 43.6 Å². The Kier molecular flexibility index (Phi) is 3.52. The average molecular weight is 306 g/mol. The van der Waals surface area contributed by atoms with Crippen molar-refractivity contribution in [2.75, 3.05) is 32.8 Å². The van der Waals surface area contributed by atoms with Crippen LogP contribution in [0.15, 0.2) is 17.5 Å². The first-order valence-corrected chi connectivity index (χ1v) is 8.81. The van der Waals surface area contributed by atoms with Gasteiger partial charge < -0.3 is 15.0 Å². The lowest BCUT2D eigenvalue weighted by molar-refractivity contribution is -0.141. The summed E-state index contributed by atoms with van der Waals surface area (Å²) in [5.74, 6) is 0.656. The van der Waals surface area contributed by atoms with E-state index in [-0.39, 0.29) is 12.0 Å². The predicted octanol–water partition coefficient (Wildman–Crippen LogP) is 2.04. The summed E-state index contributed by atoms with van der Waals surface area (Å²) in [6, 6.07) is 4.16. The Morgan fingerprint density at radius 1 is 1.43 bits per heavy atom. The van der Waals surface area contributed by atoms with Crippen molar-refractivity contribution in [2.45, 2.75) is 25.4 Å². The molecule has 0 aromatic carbocycles. The number of rotatable bonds is 2. The van der Waals surface area contributed by atoms with Crippen LogP contribution in [0.3, 0.4) is 0 Å². The van der Waals surface area contributed by atoms with E-state index in [2.05, 4.69) is 27.7 Å². The van der Waals surface area contributed by atoms with Crippen LogP contribution in [0.1, 0.15) is 30.2 Å². The number of hydrogen-bond acceptors (Lipinski definition) is 4. The van der Waals surface area contributed by atoms with Gasteiger partial charge in [-0.3, -0.25) is 4.79 Å². The highest BCUT2D eigenvalue weighted by Gasteiger charge is 2.58. The standard InChI is InChI=1S/C16H22N2O2S/c19-15(12-10-16(12)3-5-17-6-4-16)18-7-8-20-13(11-18)14-2-1-9-21-14/h1-2,9,12-13,17H,3-8,10-11H2. The molecule has 2 saturated heterocycles. The lowest BCUT2D eigenvalue weighted by Crippen LogP contribution is -2.44. The van der Waals surface area contributed by atoms with Gasteiger partial charge in [-0.25, -0.2) is 0 Å². The molecule has 1 spiro atoms. The maximum Gasteiger partial charge on any atom is 0.226 e. The summed E-state index contributed by atoms with van der Waals surface area (Å²) in [5.41, 5.74) is 0.332. The Hall–Kier alpha value is -0.910. The summed E-state index contributed by atoms with van der Waals surface area (Å²) >= 11 is 1.72. The van der Waals surface area contributed by atoms with E-state index in [9.17, 15) is 4.79 Å². The first kappa shape index (κ1) is 13.7. The third-order valence-corrected chi connectivity index (χ3v) is 6.29. The van der Waals surface area contributed by atoms with E-state index in [0.29, 0.717) is 17.9 Å². The van der Waals surface area contributed by atoms with Crippen LogP contribution in [-0.2, 0) is 9.53 Å². The molecule has 1 aromatic heterocycles. The molecule has 4 rings (SSSR count). The van der Waals surface area contributed by atoms with E-state index in [4.69, 9.17) is 4.74 Å². The molecule has 2 aliphatic heterocycles. The van der Waals surface area contributed by atoms with Gasteiger partial charge in [0.1, 0.15) is 6.10 Å². The van der Waals surface area contributed by atoms with Crippen molar-refractivity contribution < 1.29 is 9.53 Å². The molecule has 1 N–H and O–H groups in total. The Bertz CT molecular complexity index is 510. The van der Waals surface area contributed by atoms with Crippen molar-refractivity contribution in [2.24, 2.45) is 11.3 Å². The van der Waals surface area contributed by atoms with Crippen molar-refractivity contribution in [3.05, 3.63) is 22.4 Å². The molecule has 21 heavy (non-hydrogen) atoms. The van der Waals surface area contributed by atoms with Crippen LogP contribution in [0.4, 0.5) is 0 Å². The van der Waals surface area contributed by atoms with Crippen molar-refractivity contribution in [1.29, 1.82) is 0 Å². The smallest absolute Gasteiger partial charge is 0.226 e. The van der Waals surface area contributed by atoms with Gasteiger partial charge in [0.05, 0.1) is 13.2 Å². The number of hydrogen-bond donors (Lipinski definition) is 1. The van der Waals surface area contributed by atoms with Crippen molar-refractivity contribution in [1.82, 2.24) is 10.2 Å². The van der Waals surface area contributed by atoms with Gasteiger partial charge in [0, 0.05) is 17.3 Å². The summed E-state index contributed by atoms with van der Waals surface area (Å²) in [7, 11) is 0. The number of piperidine rings is 1. The average Bonchev–Trinajstić information content (AvgIpc) is 2.99. The number of nitrogens with one attached hydrogen (secondary N) is 1. The molecule has 114 valence electrons. The fourth-order valence-electron chi connectivity index (χ4n) is 3.89. The molecule has 0 radical (unpaired) electrons. The van der Waals surface area contributed by atoms with Crippen LogP contribution in [0.25, 0.3) is 0 Å². The second-order valence-corrected chi connectivity index (χ2v) is 7.51. The number of carbonyl (C=O) groups excluding carboxylic acids is 1. The highest BCUT2D eigenvalue weighted by molar-refractivity contribution is 7.10. The molecular weight excluding hydrogens is 284 g/mol. The highest BCUT2D eigenvalue weighted by atomic mass is 32.1. The minimum atomic E-state index is 0.0745. The number of morpholine rings is 1. The monoisotopic (exact) mass is 306 g/mol. The van der Waals surface area contributed by atoms with E-state index in [1.54, 1.807) is 11.3 Å². The minimum absolute atomic E-state index is 0.0745. The number of ether oxygens (including phenoxy) is 1. The number of amides is 1. The highest BCUT2D eigenvalue weighted by Crippen LogP contribution is 2.59. The zero-order chi connectivity index (χ0) is 14.3. The summed E-state index contributed by atoms with van der Waals surface area (Å²) in [6.07, 6.45) is 3.52. The molecule has 0 bridgehead atoms. The van der Waals surface area contributed by atoms with Crippen LogP contribution in [0.5, 0.6) is 0 Å². The zero-order valence-corrected chi connectivity index (χ0v) is 13.0. The van der Waals surface area contributed by atoms with Gasteiger partial charge in [-0.15, -0.1) is 11.3 Å². The van der Waals surface area contributed by atoms with Crippen LogP contribution < -0.4 is 5.32 Å². The van der Waals surface area contributed by atoms with Crippen LogP contribution >= 0.6 is 11.3 Å². The van der Waals surface area contributed by atoms with Crippen molar-refractivity contribution >= 4 is 17.2 Å². The van der Waals surface area contributed by atoms with Gasteiger partial charge >= 0.3 is 0 Å². The molecule has 3 heterocycles. The summed E-state index contributed by atoms with van der Waals surface area (Å²) in [6.45, 7) is 4.29. The maximum absolute atomic E-state index is 12.8. The first-order chi connectivity index (χ1) is 10.3. The molecule has 1 saturated carbocycles. The molecule has 2 atom stereocenters. The SMILES string of the molecule is O=C(C1CC12CCNCC2)N1CCOC(c2cccs2)C1. The normalized spacial score (nSPS) is 31.3.